The summed E-state index contributed by atoms with van der Waals surface area (Å²) in [4.78, 5) is 0. The highest BCUT2D eigenvalue weighted by Crippen LogP contribution is 2.12. The van der Waals surface area contributed by atoms with Crippen LogP contribution in [-0.2, 0) is 0 Å². The molecule has 0 aliphatic heterocycles. The molecular formula is C17H41N2O+. The molecule has 1 unspecified atom stereocenters. The van der Waals surface area contributed by atoms with E-state index in [0.717, 1.165) is 10.9 Å². The van der Waals surface area contributed by atoms with Gasteiger partial charge in [-0.3, -0.25) is 5.73 Å². The lowest BCUT2D eigenvalue weighted by molar-refractivity contribution is -0.915. The second-order valence-corrected chi connectivity index (χ2v) is 6.66. The first-order valence-corrected chi connectivity index (χ1v) is 8.62. The molecule has 3 nitrogen and oxygen atoms in total. The van der Waals surface area contributed by atoms with Crippen LogP contribution >= 0.6 is 0 Å². The van der Waals surface area contributed by atoms with Gasteiger partial charge in [0, 0.05) is 6.42 Å². The van der Waals surface area contributed by atoms with Crippen molar-refractivity contribution in [1.82, 2.24) is 0 Å². The maximum atomic E-state index is 6.14. The first kappa shape index (κ1) is 22.2. The Morgan fingerprint density at radius 1 is 0.750 bits per heavy atom. The van der Waals surface area contributed by atoms with Crippen molar-refractivity contribution in [1.29, 1.82) is 0 Å². The standard InChI is InChI=1S/C17H39N2.H2O/c1-5-7-8-9-10-11-12-13-14-15-16-19(3,4)17(18)6-2;/h17H,5-16,18H2,1-4H3;1H2/q+1;. The zero-order valence-electron chi connectivity index (χ0n) is 14.6. The van der Waals surface area contributed by atoms with E-state index in [1.165, 1.54) is 70.8 Å². The van der Waals surface area contributed by atoms with Crippen LogP contribution in [0.4, 0.5) is 0 Å². The molecule has 4 N–H and O–H groups in total. The minimum Gasteiger partial charge on any atom is -0.412 e. The van der Waals surface area contributed by atoms with Gasteiger partial charge in [0.25, 0.3) is 0 Å². The Kier molecular flexibility index (Phi) is 15.3. The summed E-state index contributed by atoms with van der Waals surface area (Å²) in [5.74, 6) is 0. The molecule has 0 saturated heterocycles. The van der Waals surface area contributed by atoms with E-state index in [-0.39, 0.29) is 5.48 Å². The number of hydrogen-bond acceptors (Lipinski definition) is 1. The van der Waals surface area contributed by atoms with E-state index in [9.17, 15) is 0 Å². The Morgan fingerprint density at radius 3 is 1.55 bits per heavy atom. The zero-order valence-corrected chi connectivity index (χ0v) is 14.6. The summed E-state index contributed by atoms with van der Waals surface area (Å²) in [6.07, 6.45) is 15.5. The third kappa shape index (κ3) is 11.7. The average Bonchev–Trinajstić information content (AvgIpc) is 2.39. The van der Waals surface area contributed by atoms with Gasteiger partial charge in [0.15, 0.2) is 0 Å². The highest BCUT2D eigenvalue weighted by atomic mass is 16.0. The predicted molar refractivity (Wildman–Crippen MR) is 90.7 cm³/mol. The highest BCUT2D eigenvalue weighted by Gasteiger charge is 2.21. The monoisotopic (exact) mass is 289 g/mol. The fraction of sp³-hybridized carbons (Fsp3) is 1.00. The topological polar surface area (TPSA) is 57.5 Å². The normalized spacial score (nSPS) is 13.1. The van der Waals surface area contributed by atoms with Crippen molar-refractivity contribution in [2.75, 3.05) is 20.6 Å². The molecule has 1 atom stereocenters. The Hall–Kier alpha value is -0.120. The van der Waals surface area contributed by atoms with Crippen LogP contribution < -0.4 is 5.73 Å². The minimum absolute atomic E-state index is 0. The molecule has 3 heteroatoms. The number of rotatable bonds is 13. The van der Waals surface area contributed by atoms with Crippen LogP contribution in [0.25, 0.3) is 0 Å². The molecule has 0 aromatic heterocycles. The smallest absolute Gasteiger partial charge is 0.139 e. The van der Waals surface area contributed by atoms with Crippen molar-refractivity contribution in [2.24, 2.45) is 5.73 Å². The van der Waals surface area contributed by atoms with Gasteiger partial charge in [0.05, 0.1) is 20.6 Å². The van der Waals surface area contributed by atoms with E-state index < -0.39 is 0 Å². The maximum Gasteiger partial charge on any atom is 0.139 e. The zero-order chi connectivity index (χ0) is 14.6. The van der Waals surface area contributed by atoms with Crippen LogP contribution in [0.1, 0.15) is 84.5 Å². The summed E-state index contributed by atoms with van der Waals surface area (Å²) in [6.45, 7) is 5.69. The lowest BCUT2D eigenvalue weighted by atomic mass is 10.1. The Balaban J connectivity index is 0. The van der Waals surface area contributed by atoms with Crippen LogP contribution in [-0.4, -0.2) is 36.8 Å². The van der Waals surface area contributed by atoms with Gasteiger partial charge in [-0.25, -0.2) is 0 Å². The first-order valence-electron chi connectivity index (χ1n) is 8.62. The van der Waals surface area contributed by atoms with Gasteiger partial charge in [0.1, 0.15) is 6.17 Å². The van der Waals surface area contributed by atoms with Crippen molar-refractivity contribution in [3.8, 4) is 0 Å². The van der Waals surface area contributed by atoms with E-state index in [1.807, 2.05) is 0 Å². The van der Waals surface area contributed by atoms with Crippen LogP contribution in [0.15, 0.2) is 0 Å². The number of nitrogens with zero attached hydrogens (tertiary/aromatic N) is 1. The number of nitrogens with two attached hydrogens (primary N) is 1. The van der Waals surface area contributed by atoms with Gasteiger partial charge in [0.2, 0.25) is 0 Å². The summed E-state index contributed by atoms with van der Waals surface area (Å²) in [5, 5.41) is 0. The minimum atomic E-state index is 0. The lowest BCUT2D eigenvalue weighted by Gasteiger charge is -2.35. The molecule has 0 amide bonds. The molecule has 0 aromatic rings. The van der Waals surface area contributed by atoms with E-state index in [2.05, 4.69) is 27.9 Å². The quantitative estimate of drug-likeness (QED) is 0.312. The van der Waals surface area contributed by atoms with Crippen molar-refractivity contribution < 1.29 is 9.96 Å². The summed E-state index contributed by atoms with van der Waals surface area (Å²) in [7, 11) is 4.53. The van der Waals surface area contributed by atoms with Crippen LogP contribution in [0.5, 0.6) is 0 Å². The van der Waals surface area contributed by atoms with E-state index >= 15 is 0 Å². The van der Waals surface area contributed by atoms with Crippen LogP contribution in [0.2, 0.25) is 0 Å². The summed E-state index contributed by atoms with van der Waals surface area (Å²) in [5.41, 5.74) is 6.14. The first-order chi connectivity index (χ1) is 9.04. The van der Waals surface area contributed by atoms with Crippen LogP contribution in [0.3, 0.4) is 0 Å². The Morgan fingerprint density at radius 2 is 1.15 bits per heavy atom. The van der Waals surface area contributed by atoms with E-state index in [4.69, 9.17) is 5.73 Å². The van der Waals surface area contributed by atoms with Crippen molar-refractivity contribution in [3.05, 3.63) is 0 Å². The molecule has 124 valence electrons. The summed E-state index contributed by atoms with van der Waals surface area (Å²) >= 11 is 0. The molecule has 0 aromatic carbocycles. The molecule has 20 heavy (non-hydrogen) atoms. The van der Waals surface area contributed by atoms with Gasteiger partial charge < -0.3 is 9.96 Å². The van der Waals surface area contributed by atoms with Crippen molar-refractivity contribution >= 4 is 0 Å². The number of quaternary nitrogens is 1. The number of unbranched alkanes of at least 4 members (excludes halogenated alkanes) is 9. The largest absolute Gasteiger partial charge is 0.412 e. The molecule has 0 saturated carbocycles. The fourth-order valence-corrected chi connectivity index (χ4v) is 2.67. The molecule has 0 heterocycles. The predicted octanol–water partition coefficient (Wildman–Crippen LogP) is 3.85. The number of hydrogen-bond donors (Lipinski definition) is 1. The molecule has 0 spiro atoms. The van der Waals surface area contributed by atoms with Gasteiger partial charge in [-0.1, -0.05) is 65.2 Å². The molecule has 0 bridgehead atoms. The lowest BCUT2D eigenvalue weighted by Crippen LogP contribution is -2.53. The second-order valence-electron chi connectivity index (χ2n) is 6.66. The fourth-order valence-electron chi connectivity index (χ4n) is 2.67. The molecular weight excluding hydrogens is 248 g/mol. The second kappa shape index (κ2) is 13.8. The maximum absolute atomic E-state index is 6.14. The van der Waals surface area contributed by atoms with Gasteiger partial charge in [-0.2, -0.15) is 0 Å². The Bertz CT molecular complexity index is 195. The van der Waals surface area contributed by atoms with E-state index in [0.29, 0.717) is 6.17 Å². The molecule has 0 aliphatic rings. The van der Waals surface area contributed by atoms with Gasteiger partial charge in [-0.15, -0.1) is 0 Å². The molecule has 0 aliphatic carbocycles. The SMILES string of the molecule is CCCCCCCCCCCC[N+](C)(C)C(N)CC.O. The molecule has 0 fully saturated rings. The third-order valence-corrected chi connectivity index (χ3v) is 4.40. The third-order valence-electron chi connectivity index (χ3n) is 4.40. The Labute approximate surface area is 127 Å². The molecule has 0 rings (SSSR count). The van der Waals surface area contributed by atoms with Gasteiger partial charge >= 0.3 is 0 Å². The van der Waals surface area contributed by atoms with Gasteiger partial charge in [-0.05, 0) is 12.8 Å². The average molecular weight is 290 g/mol. The van der Waals surface area contributed by atoms with Crippen molar-refractivity contribution in [3.63, 3.8) is 0 Å². The van der Waals surface area contributed by atoms with Crippen molar-refractivity contribution in [2.45, 2.75) is 90.6 Å². The molecule has 0 radical (unpaired) electrons. The highest BCUT2D eigenvalue weighted by molar-refractivity contribution is 4.49. The van der Waals surface area contributed by atoms with Crippen LogP contribution in [0, 0.1) is 0 Å². The summed E-state index contributed by atoms with van der Waals surface area (Å²) in [6, 6.07) is 0. The summed E-state index contributed by atoms with van der Waals surface area (Å²) < 4.78 is 0.980. The van der Waals surface area contributed by atoms with E-state index in [1.54, 1.807) is 0 Å².